The van der Waals surface area contributed by atoms with E-state index in [0.717, 1.165) is 59.1 Å². The van der Waals surface area contributed by atoms with Gasteiger partial charge in [-0.15, -0.1) is 0 Å². The molecule has 6 aromatic rings. The minimum absolute atomic E-state index is 0.0713. The van der Waals surface area contributed by atoms with E-state index in [-0.39, 0.29) is 96.2 Å². The van der Waals surface area contributed by atoms with Crippen LogP contribution < -0.4 is 9.47 Å². The Morgan fingerprint density at radius 3 is 1.28 bits per heavy atom. The predicted molar refractivity (Wildman–Crippen MR) is 297 cm³/mol. The van der Waals surface area contributed by atoms with Gasteiger partial charge >= 0.3 is 11.9 Å². The van der Waals surface area contributed by atoms with E-state index in [0.29, 0.717) is 22.9 Å². The average molecular weight is 1060 g/mol. The highest BCUT2D eigenvalue weighted by Gasteiger charge is 2.62. The van der Waals surface area contributed by atoms with Crippen LogP contribution in [-0.4, -0.2) is 71.1 Å². The number of benzene rings is 4. The number of aromatic nitrogens is 2. The summed E-state index contributed by atoms with van der Waals surface area (Å²) in [5.41, 5.74) is 14.3. The number of halogens is 2. The Bertz CT molecular complexity index is 3110. The van der Waals surface area contributed by atoms with E-state index in [1.165, 1.54) is 33.4 Å². The third-order valence-corrected chi connectivity index (χ3v) is 17.3. The number of rotatable bonds is 12. The smallest absolute Gasteiger partial charge is 0.310 e. The molecule has 0 amide bonds. The molecule has 0 N–H and O–H groups in total. The summed E-state index contributed by atoms with van der Waals surface area (Å²) in [5.74, 6) is 1.50. The summed E-state index contributed by atoms with van der Waals surface area (Å²) in [4.78, 5) is 38.5. The van der Waals surface area contributed by atoms with E-state index >= 15 is 8.78 Å². The molecule has 4 aromatic carbocycles. The lowest BCUT2D eigenvalue weighted by Gasteiger charge is -2.21. The van der Waals surface area contributed by atoms with Crippen LogP contribution in [0.5, 0.6) is 11.8 Å². The van der Waals surface area contributed by atoms with Gasteiger partial charge in [0.2, 0.25) is 11.8 Å². The third kappa shape index (κ3) is 10.4. The van der Waals surface area contributed by atoms with Gasteiger partial charge in [0.05, 0.1) is 11.8 Å². The monoisotopic (exact) mass is 1060 g/mol. The third-order valence-electron chi connectivity index (χ3n) is 17.3. The molecule has 408 valence electrons. The van der Waals surface area contributed by atoms with Gasteiger partial charge in [-0.25, -0.2) is 18.7 Å². The normalized spacial score (nSPS) is 24.8. The molecule has 0 spiro atoms. The molecule has 10 nitrogen and oxygen atoms in total. The van der Waals surface area contributed by atoms with Crippen LogP contribution in [0.3, 0.4) is 0 Å². The zero-order valence-corrected chi connectivity index (χ0v) is 47.2. The minimum atomic E-state index is -0.479. The van der Waals surface area contributed by atoms with Crippen LogP contribution in [0.15, 0.2) is 97.3 Å². The van der Waals surface area contributed by atoms with Crippen molar-refractivity contribution in [3.63, 3.8) is 0 Å². The number of pyridine rings is 2. The number of aryl methyl sites for hydroxylation is 2. The van der Waals surface area contributed by atoms with Gasteiger partial charge in [0.15, 0.2) is 0 Å². The van der Waals surface area contributed by atoms with Crippen molar-refractivity contribution in [1.29, 1.82) is 0 Å². The van der Waals surface area contributed by atoms with Crippen molar-refractivity contribution < 1.29 is 37.3 Å². The Hall–Kier alpha value is -6.50. The van der Waals surface area contributed by atoms with Gasteiger partial charge in [0, 0.05) is 71.4 Å². The Kier molecular flexibility index (Phi) is 13.9. The van der Waals surface area contributed by atoms with E-state index in [9.17, 15) is 9.59 Å². The largest absolute Gasteiger partial charge is 0.473 e. The van der Waals surface area contributed by atoms with Crippen molar-refractivity contribution >= 4 is 11.9 Å². The quantitative estimate of drug-likeness (QED) is 0.110. The number of esters is 2. The molecule has 2 aromatic heterocycles. The number of hydrogen-bond acceptors (Lipinski definition) is 10. The number of nitrogens with zero attached hydrogens (tertiary/aromatic N) is 4. The predicted octanol–water partition coefficient (Wildman–Crippen LogP) is 12.9. The standard InChI is InChI=1S/2C33H37FN2O3/c2*1-18-9-7-8-10-21(18)23-15-28(36(5)6)24-14-27(34)20(12-22(23)24)17-38-29-13-19-11-25-30(26(19)16-35-29)31(25)32(37)39-33(2,3)4/h2*7-10,12-14,16,23,25,28,30-31H,11,15,17H2,1-6H3/t23-,25+,28+,30+,31-;23-,25-,28+,30-,31+/m01/s1. The fourth-order valence-electron chi connectivity index (χ4n) is 13.6. The molecule has 0 aliphatic heterocycles. The maximum absolute atomic E-state index is 15.3. The molecule has 6 aliphatic rings. The van der Waals surface area contributed by atoms with E-state index in [1.807, 2.05) is 78.2 Å². The molecule has 2 heterocycles. The Labute approximate surface area is 458 Å². The molecule has 6 aliphatic carbocycles. The molecular weight excluding hydrogens is 983 g/mol. The van der Waals surface area contributed by atoms with Crippen molar-refractivity contribution in [2.45, 2.75) is 141 Å². The Balaban J connectivity index is 0.000000165. The van der Waals surface area contributed by atoms with Gasteiger partial charge in [-0.2, -0.15) is 0 Å². The first-order valence-corrected chi connectivity index (χ1v) is 27.8. The van der Waals surface area contributed by atoms with Crippen LogP contribution >= 0.6 is 0 Å². The molecule has 0 unspecified atom stereocenters. The SMILES string of the molecule is Cc1ccccc1[C@@H]1C[C@@H](N(C)C)c2cc(F)c(COc3cc4c(cn3)[C@H]3[C@@H](C4)[C@@H]3C(=O)OC(C)(C)C)cc21.Cc1ccccc1[C@H]1C[C@H](N(C)C)c2cc(F)c(COc3cc4c(cn3)[C@H]3[C@@H](C4)[C@@H]3C(=O)OC(C)(C)C)cc21. The summed E-state index contributed by atoms with van der Waals surface area (Å²) in [5, 5.41) is 0. The summed E-state index contributed by atoms with van der Waals surface area (Å²) < 4.78 is 54.0. The molecule has 0 bridgehead atoms. The first-order valence-electron chi connectivity index (χ1n) is 27.8. The van der Waals surface area contributed by atoms with Crippen molar-refractivity contribution in [2.75, 3.05) is 28.2 Å². The molecule has 2 saturated carbocycles. The Morgan fingerprint density at radius 1 is 0.538 bits per heavy atom. The van der Waals surface area contributed by atoms with Gasteiger partial charge in [-0.3, -0.25) is 9.59 Å². The highest BCUT2D eigenvalue weighted by atomic mass is 19.1. The summed E-state index contributed by atoms with van der Waals surface area (Å²) in [6, 6.07) is 28.6. The molecule has 78 heavy (non-hydrogen) atoms. The molecule has 0 saturated heterocycles. The number of carbonyl (C=O) groups is 2. The number of ether oxygens (including phenoxy) is 4. The van der Waals surface area contributed by atoms with E-state index in [1.54, 1.807) is 12.1 Å². The lowest BCUT2D eigenvalue weighted by atomic mass is 9.89. The van der Waals surface area contributed by atoms with Gasteiger partial charge in [0.25, 0.3) is 0 Å². The lowest BCUT2D eigenvalue weighted by Crippen LogP contribution is -2.26. The van der Waals surface area contributed by atoms with Crippen LogP contribution in [0.4, 0.5) is 8.78 Å². The number of carbonyl (C=O) groups excluding carboxylic acids is 2. The summed E-state index contributed by atoms with van der Waals surface area (Å²) >= 11 is 0. The van der Waals surface area contributed by atoms with Crippen LogP contribution in [-0.2, 0) is 45.1 Å². The number of fused-ring (bicyclic) bond motifs is 8. The van der Waals surface area contributed by atoms with Crippen LogP contribution in [0.25, 0.3) is 0 Å². The molecule has 12 heteroatoms. The Morgan fingerprint density at radius 2 is 0.923 bits per heavy atom. The zero-order valence-electron chi connectivity index (χ0n) is 47.2. The second-order valence-corrected chi connectivity index (χ2v) is 25.3. The molecule has 12 rings (SSSR count). The lowest BCUT2D eigenvalue weighted by molar-refractivity contribution is -0.158. The first kappa shape index (κ1) is 53.5. The van der Waals surface area contributed by atoms with E-state index in [4.69, 9.17) is 18.9 Å². The topological polar surface area (TPSA) is 103 Å². The molecular formula is C66H74F2N4O6. The second kappa shape index (κ2) is 20.3. The highest BCUT2D eigenvalue weighted by Crippen LogP contribution is 2.63. The first-order chi connectivity index (χ1) is 37.0. The molecule has 10 atom stereocenters. The fourth-order valence-corrected chi connectivity index (χ4v) is 13.6. The number of hydrogen-bond donors (Lipinski definition) is 0. The van der Waals surface area contributed by atoms with Crippen molar-refractivity contribution in [3.8, 4) is 11.8 Å². The van der Waals surface area contributed by atoms with Gasteiger partial charge in [0.1, 0.15) is 36.1 Å². The zero-order chi connectivity index (χ0) is 55.3. The van der Waals surface area contributed by atoms with Crippen molar-refractivity contribution in [3.05, 3.63) is 187 Å². The van der Waals surface area contributed by atoms with Gasteiger partial charge in [-0.05, 0) is 212 Å². The summed E-state index contributed by atoms with van der Waals surface area (Å²) in [7, 11) is 8.23. The van der Waals surface area contributed by atoms with Gasteiger partial charge < -0.3 is 28.7 Å². The molecule has 2 fully saturated rings. The van der Waals surface area contributed by atoms with E-state index < -0.39 is 11.2 Å². The second-order valence-electron chi connectivity index (χ2n) is 25.3. The summed E-state index contributed by atoms with van der Waals surface area (Å²) in [6.45, 7) is 15.9. The van der Waals surface area contributed by atoms with Crippen LogP contribution in [0, 0.1) is 49.2 Å². The molecule has 0 radical (unpaired) electrons. The van der Waals surface area contributed by atoms with Gasteiger partial charge in [-0.1, -0.05) is 48.5 Å². The maximum Gasteiger partial charge on any atom is 0.310 e. The highest BCUT2D eigenvalue weighted by molar-refractivity contribution is 5.81. The van der Waals surface area contributed by atoms with Crippen LogP contribution in [0.2, 0.25) is 0 Å². The maximum atomic E-state index is 15.3. The minimum Gasteiger partial charge on any atom is -0.473 e. The van der Waals surface area contributed by atoms with Crippen molar-refractivity contribution in [2.24, 2.45) is 23.7 Å². The fraction of sp³-hybridized carbons (Fsp3) is 0.455. The van der Waals surface area contributed by atoms with Crippen LogP contribution in [0.1, 0.15) is 168 Å². The average Bonchev–Trinajstić information content (AvgIpc) is 4.18. The van der Waals surface area contributed by atoms with E-state index in [2.05, 4.69) is 110 Å². The van der Waals surface area contributed by atoms with Crippen molar-refractivity contribution in [1.82, 2.24) is 19.8 Å². The summed E-state index contributed by atoms with van der Waals surface area (Å²) in [6.07, 6.45) is 7.15.